The van der Waals surface area contributed by atoms with Crippen LogP contribution in [0.3, 0.4) is 0 Å². The minimum Gasteiger partial charge on any atom is -0.516 e. The maximum atomic E-state index is 10.9. The van der Waals surface area contributed by atoms with E-state index in [2.05, 4.69) is 13.8 Å². The number of hydrogen-bond acceptors (Lipinski definition) is 2. The molecule has 0 amide bonds. The first kappa shape index (κ1) is 10.7. The molecule has 3 heteroatoms. The van der Waals surface area contributed by atoms with E-state index < -0.39 is 0 Å². The van der Waals surface area contributed by atoms with Gasteiger partial charge in [0.2, 0.25) is 0 Å². The third kappa shape index (κ3) is 7.59. The average molecular weight is 172 g/mol. The Morgan fingerprint density at radius 3 is 2.64 bits per heavy atom. The van der Waals surface area contributed by atoms with Crippen LogP contribution in [0.2, 0.25) is 6.04 Å². The summed E-state index contributed by atoms with van der Waals surface area (Å²) in [5.41, 5.74) is 0. The maximum Gasteiger partial charge on any atom is 0.314 e. The molecule has 0 N–H and O–H groups in total. The first-order valence-corrected chi connectivity index (χ1v) is 5.35. The van der Waals surface area contributed by atoms with Gasteiger partial charge in [-0.2, -0.15) is 0 Å². The predicted molar refractivity (Wildman–Crippen MR) is 46.5 cm³/mol. The van der Waals surface area contributed by atoms with Crippen molar-refractivity contribution in [3.05, 3.63) is 0 Å². The number of carbonyl (C=O) groups is 1. The zero-order valence-corrected chi connectivity index (χ0v) is 8.35. The molecule has 0 aliphatic carbocycles. The lowest BCUT2D eigenvalue weighted by Crippen LogP contribution is -2.07. The van der Waals surface area contributed by atoms with E-state index in [-0.39, 0.29) is 5.97 Å². The Hall–Kier alpha value is -0.313. The molecule has 0 aliphatic rings. The Kier molecular flexibility index (Phi) is 7.57. The fraction of sp³-hybridized carbons (Fsp3) is 0.875. The van der Waals surface area contributed by atoms with Gasteiger partial charge in [-0.15, -0.1) is 0 Å². The van der Waals surface area contributed by atoms with Crippen molar-refractivity contribution < 1.29 is 9.22 Å². The zero-order valence-electron chi connectivity index (χ0n) is 7.35. The van der Waals surface area contributed by atoms with Crippen LogP contribution < -0.4 is 0 Å². The van der Waals surface area contributed by atoms with Crippen LogP contribution >= 0.6 is 0 Å². The van der Waals surface area contributed by atoms with Gasteiger partial charge in [0, 0.05) is 6.42 Å². The Balaban J connectivity index is 3.09. The molecular weight excluding hydrogens is 156 g/mol. The Morgan fingerprint density at radius 1 is 1.36 bits per heavy atom. The summed E-state index contributed by atoms with van der Waals surface area (Å²) in [7, 11) is 0.374. The SMILES string of the molecule is CCCCC(=O)O[Si]CCC. The average Bonchev–Trinajstić information content (AvgIpc) is 2.01. The van der Waals surface area contributed by atoms with Gasteiger partial charge in [0.1, 0.15) is 0 Å². The summed E-state index contributed by atoms with van der Waals surface area (Å²) in [5.74, 6) is -0.0290. The lowest BCUT2D eigenvalue weighted by molar-refractivity contribution is -0.134. The van der Waals surface area contributed by atoms with E-state index in [1.54, 1.807) is 0 Å². The summed E-state index contributed by atoms with van der Waals surface area (Å²) in [6.07, 6.45) is 3.70. The lowest BCUT2D eigenvalue weighted by Gasteiger charge is -2.00. The fourth-order valence-electron chi connectivity index (χ4n) is 0.606. The molecule has 0 heterocycles. The molecule has 0 aliphatic heterocycles. The molecule has 0 atom stereocenters. The third-order valence-electron chi connectivity index (χ3n) is 1.27. The van der Waals surface area contributed by atoms with E-state index in [9.17, 15) is 4.79 Å². The first-order chi connectivity index (χ1) is 5.31. The molecule has 0 aromatic rings. The van der Waals surface area contributed by atoms with Crippen LogP contribution in [0, 0.1) is 0 Å². The molecule has 64 valence electrons. The highest BCUT2D eigenvalue weighted by Gasteiger charge is 2.00. The molecule has 11 heavy (non-hydrogen) atoms. The Bertz CT molecular complexity index is 104. The van der Waals surface area contributed by atoms with Gasteiger partial charge in [0.05, 0.1) is 0 Å². The van der Waals surface area contributed by atoms with Crippen molar-refractivity contribution in [1.29, 1.82) is 0 Å². The van der Waals surface area contributed by atoms with Crippen LogP contribution in [-0.2, 0) is 9.22 Å². The molecule has 0 fully saturated rings. The van der Waals surface area contributed by atoms with Gasteiger partial charge in [-0.1, -0.05) is 26.7 Å². The molecule has 0 saturated carbocycles. The number of unbranched alkanes of at least 4 members (excludes halogenated alkanes) is 1. The van der Waals surface area contributed by atoms with Crippen LogP contribution in [0.4, 0.5) is 0 Å². The van der Waals surface area contributed by atoms with Gasteiger partial charge in [0.25, 0.3) is 5.97 Å². The second kappa shape index (κ2) is 7.79. The van der Waals surface area contributed by atoms with E-state index in [1.165, 1.54) is 0 Å². The van der Waals surface area contributed by atoms with E-state index in [0.717, 1.165) is 25.3 Å². The van der Waals surface area contributed by atoms with Gasteiger partial charge < -0.3 is 4.43 Å². The number of rotatable bonds is 6. The standard InChI is InChI=1S/C8H16O2Si/c1-3-5-6-8(9)10-11-7-4-2/h3-7H2,1-2H3. The van der Waals surface area contributed by atoms with E-state index >= 15 is 0 Å². The Morgan fingerprint density at radius 2 is 2.09 bits per heavy atom. The number of carbonyl (C=O) groups excluding carboxylic acids is 1. The Labute approximate surface area is 71.3 Å². The van der Waals surface area contributed by atoms with E-state index in [0.29, 0.717) is 16.2 Å². The summed E-state index contributed by atoms with van der Waals surface area (Å²) in [4.78, 5) is 10.9. The van der Waals surface area contributed by atoms with Crippen LogP contribution in [0.1, 0.15) is 39.5 Å². The van der Waals surface area contributed by atoms with Crippen LogP contribution in [0.15, 0.2) is 0 Å². The monoisotopic (exact) mass is 172 g/mol. The third-order valence-corrected chi connectivity index (χ3v) is 2.35. The van der Waals surface area contributed by atoms with Crippen molar-refractivity contribution >= 4 is 15.7 Å². The molecule has 2 nitrogen and oxygen atoms in total. The van der Waals surface area contributed by atoms with Crippen LogP contribution in [0.25, 0.3) is 0 Å². The van der Waals surface area contributed by atoms with Gasteiger partial charge in [0.15, 0.2) is 0 Å². The number of hydrogen-bond donors (Lipinski definition) is 0. The quantitative estimate of drug-likeness (QED) is 0.453. The van der Waals surface area contributed by atoms with Crippen molar-refractivity contribution in [2.24, 2.45) is 0 Å². The summed E-state index contributed by atoms with van der Waals surface area (Å²) in [6, 6.07) is 1.01. The molecule has 0 aromatic carbocycles. The fourth-order valence-corrected chi connectivity index (χ4v) is 1.17. The topological polar surface area (TPSA) is 26.3 Å². The van der Waals surface area contributed by atoms with Gasteiger partial charge in [-0.3, -0.25) is 4.79 Å². The maximum absolute atomic E-state index is 10.9. The van der Waals surface area contributed by atoms with Crippen molar-refractivity contribution in [1.82, 2.24) is 0 Å². The molecule has 0 unspecified atom stereocenters. The van der Waals surface area contributed by atoms with Gasteiger partial charge in [-0.05, 0) is 12.5 Å². The molecular formula is C8H16O2Si. The molecule has 0 rings (SSSR count). The van der Waals surface area contributed by atoms with Crippen LogP contribution in [-0.4, -0.2) is 15.7 Å². The lowest BCUT2D eigenvalue weighted by atomic mass is 10.3. The van der Waals surface area contributed by atoms with Crippen molar-refractivity contribution in [2.45, 2.75) is 45.6 Å². The first-order valence-electron chi connectivity index (χ1n) is 4.23. The molecule has 0 spiro atoms. The normalized spacial score (nSPS) is 9.64. The second-order valence-corrected chi connectivity index (χ2v) is 3.46. The summed E-state index contributed by atoms with van der Waals surface area (Å²) in [6.45, 7) is 4.16. The largest absolute Gasteiger partial charge is 0.516 e. The second-order valence-electron chi connectivity index (χ2n) is 2.47. The molecule has 0 bridgehead atoms. The van der Waals surface area contributed by atoms with Gasteiger partial charge >= 0.3 is 9.76 Å². The predicted octanol–water partition coefficient (Wildman–Crippen LogP) is 2.17. The minimum absolute atomic E-state index is 0.0290. The zero-order chi connectivity index (χ0) is 8.53. The summed E-state index contributed by atoms with van der Waals surface area (Å²) >= 11 is 0. The highest BCUT2D eigenvalue weighted by atomic mass is 28.2. The van der Waals surface area contributed by atoms with Gasteiger partial charge in [-0.25, -0.2) is 0 Å². The molecule has 0 aromatic heterocycles. The summed E-state index contributed by atoms with van der Waals surface area (Å²) < 4.78 is 4.97. The minimum atomic E-state index is -0.0290. The van der Waals surface area contributed by atoms with E-state index in [4.69, 9.17) is 4.43 Å². The van der Waals surface area contributed by atoms with Crippen LogP contribution in [0.5, 0.6) is 0 Å². The van der Waals surface area contributed by atoms with Crippen molar-refractivity contribution in [3.8, 4) is 0 Å². The molecule has 0 saturated heterocycles. The van der Waals surface area contributed by atoms with E-state index in [1.807, 2.05) is 0 Å². The highest BCUT2D eigenvalue weighted by molar-refractivity contribution is 6.30. The summed E-state index contributed by atoms with van der Waals surface area (Å²) in [5, 5.41) is 0. The highest BCUT2D eigenvalue weighted by Crippen LogP contribution is 1.96. The van der Waals surface area contributed by atoms with Crippen molar-refractivity contribution in [3.63, 3.8) is 0 Å². The smallest absolute Gasteiger partial charge is 0.314 e. The molecule has 2 radical (unpaired) electrons. The van der Waals surface area contributed by atoms with Crippen molar-refractivity contribution in [2.75, 3.05) is 0 Å².